The fourth-order valence-electron chi connectivity index (χ4n) is 3.63. The molecule has 8 heteroatoms. The number of para-hydroxylation sites is 1. The molecular formula is C22H24ClN5OS. The van der Waals surface area contributed by atoms with Crippen molar-refractivity contribution in [3.63, 3.8) is 0 Å². The van der Waals surface area contributed by atoms with Crippen molar-refractivity contribution in [2.45, 2.75) is 24.9 Å². The number of hydrogen-bond donors (Lipinski definition) is 0. The third-order valence-corrected chi connectivity index (χ3v) is 6.23. The fourth-order valence-corrected chi connectivity index (χ4v) is 4.64. The van der Waals surface area contributed by atoms with Crippen LogP contribution in [0.15, 0.2) is 59.8 Å². The molecule has 2 heterocycles. The van der Waals surface area contributed by atoms with E-state index in [2.05, 4.69) is 15.1 Å². The van der Waals surface area contributed by atoms with Gasteiger partial charge in [-0.2, -0.15) is 0 Å². The maximum atomic E-state index is 12.9. The lowest BCUT2D eigenvalue weighted by Gasteiger charge is -2.21. The van der Waals surface area contributed by atoms with Gasteiger partial charge in [0.15, 0.2) is 5.16 Å². The van der Waals surface area contributed by atoms with Crippen molar-refractivity contribution >= 4 is 40.9 Å². The van der Waals surface area contributed by atoms with Gasteiger partial charge in [0, 0.05) is 30.3 Å². The van der Waals surface area contributed by atoms with Gasteiger partial charge in [0.1, 0.15) is 0 Å². The van der Waals surface area contributed by atoms with Gasteiger partial charge in [-0.1, -0.05) is 47.6 Å². The van der Waals surface area contributed by atoms with E-state index in [0.29, 0.717) is 16.7 Å². The smallest absolute Gasteiger partial charge is 0.237 e. The highest BCUT2D eigenvalue weighted by molar-refractivity contribution is 7.99. The largest absolute Gasteiger partial charge is 0.341 e. The first kappa shape index (κ1) is 20.8. The van der Waals surface area contributed by atoms with E-state index in [-0.39, 0.29) is 11.7 Å². The number of halogens is 1. The minimum Gasteiger partial charge on any atom is -0.341 e. The van der Waals surface area contributed by atoms with Crippen LogP contribution in [0.2, 0.25) is 5.02 Å². The first-order valence-corrected chi connectivity index (χ1v) is 11.5. The van der Waals surface area contributed by atoms with Crippen LogP contribution in [-0.4, -0.2) is 46.1 Å². The Kier molecular flexibility index (Phi) is 6.59. The van der Waals surface area contributed by atoms with E-state index < -0.39 is 0 Å². The molecule has 0 atom stereocenters. The molecular weight excluding hydrogens is 418 g/mol. The fraction of sp³-hybridized carbons (Fsp3) is 0.318. The Balaban J connectivity index is 1.59. The van der Waals surface area contributed by atoms with Crippen LogP contribution in [0.3, 0.4) is 0 Å². The summed E-state index contributed by atoms with van der Waals surface area (Å²) in [6, 6.07) is 17.4. The molecule has 1 saturated heterocycles. The lowest BCUT2D eigenvalue weighted by molar-refractivity contribution is -0.116. The molecule has 1 aliphatic heterocycles. The molecule has 1 aliphatic rings. The highest BCUT2D eigenvalue weighted by Gasteiger charge is 2.24. The van der Waals surface area contributed by atoms with Gasteiger partial charge in [0.05, 0.1) is 11.4 Å². The molecule has 30 heavy (non-hydrogen) atoms. The predicted molar refractivity (Wildman–Crippen MR) is 123 cm³/mol. The average Bonchev–Trinajstić information content (AvgIpc) is 3.43. The molecule has 0 aliphatic carbocycles. The van der Waals surface area contributed by atoms with Gasteiger partial charge in [-0.3, -0.25) is 9.36 Å². The summed E-state index contributed by atoms with van der Waals surface area (Å²) in [7, 11) is 0. The van der Waals surface area contributed by atoms with Crippen molar-refractivity contribution < 1.29 is 4.79 Å². The zero-order valence-electron chi connectivity index (χ0n) is 16.9. The van der Waals surface area contributed by atoms with Crippen LogP contribution in [0, 0.1) is 0 Å². The van der Waals surface area contributed by atoms with Crippen LogP contribution in [-0.2, 0) is 4.79 Å². The maximum absolute atomic E-state index is 12.9. The molecule has 2 aromatic carbocycles. The Labute approximate surface area is 185 Å². The number of hydrogen-bond acceptors (Lipinski definition) is 5. The minimum absolute atomic E-state index is 0.0390. The number of aromatic nitrogens is 3. The highest BCUT2D eigenvalue weighted by atomic mass is 35.5. The number of nitrogens with zero attached hydrogens (tertiary/aromatic N) is 5. The quantitative estimate of drug-likeness (QED) is 0.499. The Bertz CT molecular complexity index is 1000. The summed E-state index contributed by atoms with van der Waals surface area (Å²) in [6.45, 7) is 4.51. The van der Waals surface area contributed by atoms with Crippen LogP contribution in [0.1, 0.15) is 19.8 Å². The number of amides is 1. The van der Waals surface area contributed by atoms with Crippen LogP contribution in [0.5, 0.6) is 0 Å². The van der Waals surface area contributed by atoms with Crippen molar-refractivity contribution in [1.29, 1.82) is 0 Å². The molecule has 0 spiro atoms. The molecule has 1 aromatic heterocycles. The van der Waals surface area contributed by atoms with Crippen molar-refractivity contribution in [1.82, 2.24) is 14.8 Å². The first-order valence-electron chi connectivity index (χ1n) is 10.1. The maximum Gasteiger partial charge on any atom is 0.237 e. The Morgan fingerprint density at radius 2 is 1.87 bits per heavy atom. The SMILES string of the molecule is CCN(C(=O)CSc1nnc(N2CCCC2)n1-c1cccc(Cl)c1)c1ccccc1. The van der Waals surface area contributed by atoms with Crippen LogP contribution >= 0.6 is 23.4 Å². The molecule has 156 valence electrons. The van der Waals surface area contributed by atoms with Crippen molar-refractivity contribution in [3.8, 4) is 5.69 Å². The van der Waals surface area contributed by atoms with Crippen molar-refractivity contribution in [2.75, 3.05) is 35.2 Å². The second-order valence-electron chi connectivity index (χ2n) is 7.05. The Morgan fingerprint density at radius 3 is 2.57 bits per heavy atom. The molecule has 4 rings (SSSR count). The Morgan fingerprint density at radius 1 is 1.10 bits per heavy atom. The lowest BCUT2D eigenvalue weighted by Crippen LogP contribution is -2.32. The number of anilines is 2. The van der Waals surface area contributed by atoms with E-state index in [4.69, 9.17) is 11.6 Å². The predicted octanol–water partition coefficient (Wildman–Crippen LogP) is 4.67. The third-order valence-electron chi connectivity index (χ3n) is 5.08. The van der Waals surface area contributed by atoms with E-state index in [1.54, 1.807) is 4.90 Å². The monoisotopic (exact) mass is 441 g/mol. The molecule has 3 aromatic rings. The number of carbonyl (C=O) groups is 1. The summed E-state index contributed by atoms with van der Waals surface area (Å²) in [5.41, 5.74) is 1.81. The van der Waals surface area contributed by atoms with E-state index in [9.17, 15) is 4.79 Å². The number of carbonyl (C=O) groups excluding carboxylic acids is 1. The van der Waals surface area contributed by atoms with Gasteiger partial charge in [0.2, 0.25) is 11.9 Å². The standard InChI is InChI=1S/C22H24ClN5OS/c1-2-27(18-10-4-3-5-11-18)20(29)16-30-22-25-24-21(26-13-6-7-14-26)28(22)19-12-8-9-17(23)15-19/h3-5,8-12,15H,2,6-7,13-14,16H2,1H3. The topological polar surface area (TPSA) is 54.3 Å². The molecule has 0 unspecified atom stereocenters. The van der Waals surface area contributed by atoms with E-state index in [1.165, 1.54) is 11.8 Å². The van der Waals surface area contributed by atoms with Crippen LogP contribution < -0.4 is 9.80 Å². The summed E-state index contributed by atoms with van der Waals surface area (Å²) >= 11 is 7.65. The van der Waals surface area contributed by atoms with Gasteiger partial charge >= 0.3 is 0 Å². The molecule has 0 N–H and O–H groups in total. The van der Waals surface area contributed by atoms with E-state index in [0.717, 1.165) is 43.3 Å². The molecule has 0 bridgehead atoms. The zero-order chi connectivity index (χ0) is 20.9. The number of rotatable bonds is 7. The number of thioether (sulfide) groups is 1. The third kappa shape index (κ3) is 4.47. The second-order valence-corrected chi connectivity index (χ2v) is 8.43. The van der Waals surface area contributed by atoms with E-state index >= 15 is 0 Å². The van der Waals surface area contributed by atoms with Gasteiger partial charge < -0.3 is 9.80 Å². The molecule has 1 amide bonds. The second kappa shape index (κ2) is 9.53. The minimum atomic E-state index is 0.0390. The lowest BCUT2D eigenvalue weighted by atomic mass is 10.3. The highest BCUT2D eigenvalue weighted by Crippen LogP contribution is 2.30. The summed E-state index contributed by atoms with van der Waals surface area (Å²) in [6.07, 6.45) is 2.29. The Hall–Kier alpha value is -2.51. The van der Waals surface area contributed by atoms with Gasteiger partial charge in [0.25, 0.3) is 0 Å². The summed E-state index contributed by atoms with van der Waals surface area (Å²) in [5, 5.41) is 10.2. The zero-order valence-corrected chi connectivity index (χ0v) is 18.4. The van der Waals surface area contributed by atoms with Crippen LogP contribution in [0.4, 0.5) is 11.6 Å². The van der Waals surface area contributed by atoms with Gasteiger partial charge in [-0.05, 0) is 50.1 Å². The van der Waals surface area contributed by atoms with Gasteiger partial charge in [-0.25, -0.2) is 0 Å². The van der Waals surface area contributed by atoms with Crippen molar-refractivity contribution in [3.05, 3.63) is 59.6 Å². The molecule has 0 saturated carbocycles. The van der Waals surface area contributed by atoms with Gasteiger partial charge in [-0.15, -0.1) is 10.2 Å². The first-order chi connectivity index (χ1) is 14.7. The molecule has 6 nitrogen and oxygen atoms in total. The van der Waals surface area contributed by atoms with E-state index in [1.807, 2.05) is 66.1 Å². The summed E-state index contributed by atoms with van der Waals surface area (Å²) < 4.78 is 2.01. The summed E-state index contributed by atoms with van der Waals surface area (Å²) in [5.74, 6) is 1.12. The summed E-state index contributed by atoms with van der Waals surface area (Å²) in [4.78, 5) is 17.0. The van der Waals surface area contributed by atoms with Crippen molar-refractivity contribution in [2.24, 2.45) is 0 Å². The number of benzene rings is 2. The molecule has 0 radical (unpaired) electrons. The molecule has 1 fully saturated rings. The van der Waals surface area contributed by atoms with Crippen LogP contribution in [0.25, 0.3) is 5.69 Å². The average molecular weight is 442 g/mol. The normalized spacial score (nSPS) is 13.6.